The lowest BCUT2D eigenvalue weighted by Gasteiger charge is -2.37. The van der Waals surface area contributed by atoms with Crippen LogP contribution in [0.5, 0.6) is 0 Å². The van der Waals surface area contributed by atoms with Crippen molar-refractivity contribution in [2.24, 2.45) is 11.0 Å². The van der Waals surface area contributed by atoms with E-state index in [1.165, 1.54) is 54.6 Å². The highest BCUT2D eigenvalue weighted by Gasteiger charge is 2.26. The molecule has 0 aromatic heterocycles. The van der Waals surface area contributed by atoms with Crippen LogP contribution >= 0.6 is 11.6 Å². The molecule has 3 aromatic rings. The second-order valence-corrected chi connectivity index (χ2v) is 12.7. The number of hydrogen-bond acceptors (Lipinski definition) is 5. The molecule has 1 saturated heterocycles. The van der Waals surface area contributed by atoms with Crippen LogP contribution in [-0.4, -0.2) is 43.6 Å². The van der Waals surface area contributed by atoms with Gasteiger partial charge >= 0.3 is 0 Å². The van der Waals surface area contributed by atoms with E-state index in [9.17, 15) is 0 Å². The van der Waals surface area contributed by atoms with E-state index >= 15 is 0 Å². The number of hydrazone groups is 1. The molecule has 6 rings (SSSR count). The molecule has 5 nitrogen and oxygen atoms in total. The van der Waals surface area contributed by atoms with Crippen LogP contribution in [0.4, 0.5) is 17.1 Å². The fourth-order valence-electron chi connectivity index (χ4n) is 6.80. The zero-order valence-corrected chi connectivity index (χ0v) is 25.9. The molecule has 0 amide bonds. The summed E-state index contributed by atoms with van der Waals surface area (Å²) >= 11 is 6.23. The third-order valence-electron chi connectivity index (χ3n) is 9.62. The van der Waals surface area contributed by atoms with Gasteiger partial charge in [0.05, 0.1) is 6.04 Å². The smallest absolute Gasteiger partial charge is 0.128 e. The molecule has 2 aliphatic heterocycles. The van der Waals surface area contributed by atoms with Gasteiger partial charge in [0.25, 0.3) is 0 Å². The molecule has 1 saturated carbocycles. The highest BCUT2D eigenvalue weighted by Crippen LogP contribution is 2.41. The van der Waals surface area contributed by atoms with Crippen LogP contribution in [0.25, 0.3) is 0 Å². The average Bonchev–Trinajstić information content (AvgIpc) is 3.67. The SMILES string of the molecule is C=C1N(c2ccc(N3CCN(c4ccc(CC[C@@H]5CCC(c6cccc(Cl)c6)C5)cc4)CC3)cc2)C=NN1C(C)CC. The van der Waals surface area contributed by atoms with Gasteiger partial charge in [0.1, 0.15) is 12.2 Å². The highest BCUT2D eigenvalue weighted by molar-refractivity contribution is 6.30. The number of aryl methyl sites for hydroxylation is 1. The Bertz CT molecular complexity index is 1380. The normalized spacial score (nSPS) is 21.5. The van der Waals surface area contributed by atoms with Crippen molar-refractivity contribution >= 4 is 35.0 Å². The minimum absolute atomic E-state index is 0.344. The van der Waals surface area contributed by atoms with Crippen LogP contribution in [0.3, 0.4) is 0 Å². The van der Waals surface area contributed by atoms with Crippen molar-refractivity contribution in [1.82, 2.24) is 5.01 Å². The second-order valence-electron chi connectivity index (χ2n) is 12.2. The Balaban J connectivity index is 0.962. The molecule has 0 bridgehead atoms. The summed E-state index contributed by atoms with van der Waals surface area (Å²) in [4.78, 5) is 7.09. The summed E-state index contributed by atoms with van der Waals surface area (Å²) in [6, 6.07) is 27.0. The maximum Gasteiger partial charge on any atom is 0.128 e. The van der Waals surface area contributed by atoms with E-state index in [0.29, 0.717) is 12.0 Å². The molecular weight excluding hydrogens is 538 g/mol. The molecule has 2 heterocycles. The predicted octanol–water partition coefficient (Wildman–Crippen LogP) is 8.52. The first kappa shape index (κ1) is 28.7. The number of nitrogens with zero attached hydrogens (tertiary/aromatic N) is 5. The highest BCUT2D eigenvalue weighted by atomic mass is 35.5. The summed E-state index contributed by atoms with van der Waals surface area (Å²) in [7, 11) is 0. The molecule has 3 aliphatic rings. The van der Waals surface area contributed by atoms with Crippen LogP contribution in [0.1, 0.15) is 63.0 Å². The van der Waals surface area contributed by atoms with Gasteiger partial charge in [0, 0.05) is 48.3 Å². The third-order valence-corrected chi connectivity index (χ3v) is 9.85. The molecule has 3 aromatic carbocycles. The molecular formula is C36H44ClN5. The monoisotopic (exact) mass is 581 g/mol. The van der Waals surface area contributed by atoms with Crippen molar-refractivity contribution in [3.8, 4) is 0 Å². The zero-order valence-electron chi connectivity index (χ0n) is 25.1. The molecule has 0 N–H and O–H groups in total. The van der Waals surface area contributed by atoms with Crippen LogP contribution in [0.2, 0.25) is 5.02 Å². The Labute approximate surface area is 257 Å². The number of benzene rings is 3. The average molecular weight is 582 g/mol. The quantitative estimate of drug-likeness (QED) is 0.253. The molecule has 6 heteroatoms. The molecule has 0 spiro atoms. The number of anilines is 3. The number of piperazine rings is 1. The van der Waals surface area contributed by atoms with Crippen molar-refractivity contribution in [2.45, 2.75) is 64.3 Å². The Kier molecular flexibility index (Phi) is 8.76. The van der Waals surface area contributed by atoms with Crippen LogP contribution in [-0.2, 0) is 6.42 Å². The first-order chi connectivity index (χ1) is 20.5. The van der Waals surface area contributed by atoms with Gasteiger partial charge in [-0.2, -0.15) is 5.10 Å². The summed E-state index contributed by atoms with van der Waals surface area (Å²) in [6.45, 7) is 12.7. The Hall–Kier alpha value is -3.44. The first-order valence-corrected chi connectivity index (χ1v) is 16.1. The van der Waals surface area contributed by atoms with Crippen molar-refractivity contribution < 1.29 is 0 Å². The van der Waals surface area contributed by atoms with E-state index in [0.717, 1.165) is 55.0 Å². The summed E-state index contributed by atoms with van der Waals surface area (Å²) in [6.07, 6.45) is 9.28. The van der Waals surface area contributed by atoms with Gasteiger partial charge < -0.3 is 9.80 Å². The lowest BCUT2D eigenvalue weighted by Crippen LogP contribution is -2.46. The lowest BCUT2D eigenvalue weighted by atomic mass is 9.93. The molecule has 2 fully saturated rings. The van der Waals surface area contributed by atoms with Gasteiger partial charge in [-0.25, -0.2) is 5.01 Å². The molecule has 42 heavy (non-hydrogen) atoms. The largest absolute Gasteiger partial charge is 0.368 e. The predicted molar refractivity (Wildman–Crippen MR) is 179 cm³/mol. The minimum atomic E-state index is 0.344. The van der Waals surface area contributed by atoms with Gasteiger partial charge in [-0.05, 0) is 117 Å². The number of hydrogen-bond donors (Lipinski definition) is 0. The maximum atomic E-state index is 6.23. The summed E-state index contributed by atoms with van der Waals surface area (Å²) in [5.41, 5.74) is 6.60. The summed E-state index contributed by atoms with van der Waals surface area (Å²) in [5.74, 6) is 2.41. The van der Waals surface area contributed by atoms with E-state index < -0.39 is 0 Å². The van der Waals surface area contributed by atoms with Gasteiger partial charge in [-0.3, -0.25) is 4.90 Å². The van der Waals surface area contributed by atoms with Crippen molar-refractivity contribution in [1.29, 1.82) is 0 Å². The molecule has 1 aliphatic carbocycles. The maximum absolute atomic E-state index is 6.23. The minimum Gasteiger partial charge on any atom is -0.368 e. The van der Waals surface area contributed by atoms with Gasteiger partial charge in [-0.15, -0.1) is 0 Å². The molecule has 220 valence electrons. The number of rotatable bonds is 9. The van der Waals surface area contributed by atoms with E-state index in [-0.39, 0.29) is 0 Å². The molecule has 0 radical (unpaired) electrons. The second kappa shape index (κ2) is 12.8. The number of halogens is 1. The van der Waals surface area contributed by atoms with E-state index in [1.54, 1.807) is 0 Å². The van der Waals surface area contributed by atoms with Crippen molar-refractivity contribution in [3.63, 3.8) is 0 Å². The summed E-state index contributed by atoms with van der Waals surface area (Å²) in [5, 5.41) is 7.43. The van der Waals surface area contributed by atoms with E-state index in [4.69, 9.17) is 11.6 Å². The van der Waals surface area contributed by atoms with Crippen LogP contribution in [0, 0.1) is 5.92 Å². The van der Waals surface area contributed by atoms with Crippen molar-refractivity contribution in [2.75, 3.05) is 40.9 Å². The van der Waals surface area contributed by atoms with Crippen LogP contribution < -0.4 is 14.7 Å². The van der Waals surface area contributed by atoms with Gasteiger partial charge in [0.15, 0.2) is 0 Å². The topological polar surface area (TPSA) is 25.3 Å². The van der Waals surface area contributed by atoms with Gasteiger partial charge in [-0.1, -0.05) is 49.4 Å². The third kappa shape index (κ3) is 6.32. The standard InChI is InChI=1S/C36H44ClN5/c1-4-27(2)42-28(3)41(26-38-42)36-18-16-35(17-19-36)40-22-20-39(21-23-40)34-14-11-29(12-15-34)8-9-30-10-13-32(24-30)31-6-5-7-33(37)25-31/h5-7,11-12,14-19,25-27,30,32H,3-4,8-10,13,20-24H2,1-2H3/t27?,30-,32?/m1/s1. The lowest BCUT2D eigenvalue weighted by molar-refractivity contribution is 0.286. The fraction of sp³-hybridized carbons (Fsp3) is 0.417. The van der Waals surface area contributed by atoms with Crippen molar-refractivity contribution in [3.05, 3.63) is 101 Å². The Morgan fingerprint density at radius 1 is 0.881 bits per heavy atom. The van der Waals surface area contributed by atoms with Crippen LogP contribution in [0.15, 0.2) is 90.3 Å². The first-order valence-electron chi connectivity index (χ1n) is 15.7. The molecule has 2 unspecified atom stereocenters. The molecule has 3 atom stereocenters. The Morgan fingerprint density at radius 3 is 2.17 bits per heavy atom. The van der Waals surface area contributed by atoms with E-state index in [1.807, 2.05) is 17.4 Å². The Morgan fingerprint density at radius 2 is 1.52 bits per heavy atom. The van der Waals surface area contributed by atoms with Gasteiger partial charge in [0.2, 0.25) is 0 Å². The fourth-order valence-corrected chi connectivity index (χ4v) is 7.00. The van der Waals surface area contributed by atoms with E-state index in [2.05, 4.69) is 107 Å². The zero-order chi connectivity index (χ0) is 29.1. The summed E-state index contributed by atoms with van der Waals surface area (Å²) < 4.78 is 0.